The Kier molecular flexibility index (Phi) is 6.06. The normalized spacial score (nSPS) is 19.4. The molecule has 0 unspecified atom stereocenters. The molecule has 0 spiro atoms. The first-order valence-electron chi connectivity index (χ1n) is 9.32. The quantitative estimate of drug-likeness (QED) is 0.730. The van der Waals surface area contributed by atoms with Gasteiger partial charge in [0.25, 0.3) is 5.91 Å². The molecule has 1 saturated carbocycles. The Balaban J connectivity index is 1.41. The fourth-order valence-electron chi connectivity index (χ4n) is 3.51. The molecule has 0 aliphatic heterocycles. The highest BCUT2D eigenvalue weighted by Crippen LogP contribution is 2.24. The molecular formula is C21H24N2O4. The van der Waals surface area contributed by atoms with Gasteiger partial charge in [0.1, 0.15) is 0 Å². The number of amides is 2. The van der Waals surface area contributed by atoms with Gasteiger partial charge in [-0.25, -0.2) is 0 Å². The highest BCUT2D eigenvalue weighted by atomic mass is 16.4. The van der Waals surface area contributed by atoms with Crippen molar-refractivity contribution in [2.24, 2.45) is 5.92 Å². The van der Waals surface area contributed by atoms with E-state index in [0.29, 0.717) is 31.2 Å². The SMILES string of the molecule is O=C(CCNC(=O)c1ccc2ccccc2c1)NC1CCC(C(=O)O)CC1. The summed E-state index contributed by atoms with van der Waals surface area (Å²) >= 11 is 0. The molecule has 3 N–H and O–H groups in total. The summed E-state index contributed by atoms with van der Waals surface area (Å²) in [5, 5.41) is 16.8. The Bertz CT molecular complexity index is 841. The Morgan fingerprint density at radius 1 is 0.963 bits per heavy atom. The van der Waals surface area contributed by atoms with Crippen molar-refractivity contribution in [3.05, 3.63) is 48.0 Å². The van der Waals surface area contributed by atoms with Crippen LogP contribution in [0.25, 0.3) is 10.8 Å². The Morgan fingerprint density at radius 3 is 2.37 bits per heavy atom. The second-order valence-corrected chi connectivity index (χ2v) is 7.02. The van der Waals surface area contributed by atoms with Gasteiger partial charge in [0.2, 0.25) is 5.91 Å². The minimum atomic E-state index is -0.754. The summed E-state index contributed by atoms with van der Waals surface area (Å²) < 4.78 is 0. The van der Waals surface area contributed by atoms with Gasteiger partial charge in [0.05, 0.1) is 5.92 Å². The summed E-state index contributed by atoms with van der Waals surface area (Å²) in [6.45, 7) is 0.266. The molecule has 142 valence electrons. The Labute approximate surface area is 158 Å². The summed E-state index contributed by atoms with van der Waals surface area (Å²) in [6, 6.07) is 13.4. The predicted molar refractivity (Wildman–Crippen MR) is 102 cm³/mol. The Hall–Kier alpha value is -2.89. The molecule has 6 nitrogen and oxygen atoms in total. The third kappa shape index (κ3) is 5.06. The number of hydrogen-bond acceptors (Lipinski definition) is 3. The lowest BCUT2D eigenvalue weighted by Gasteiger charge is -2.26. The third-order valence-corrected chi connectivity index (χ3v) is 5.09. The molecule has 0 saturated heterocycles. The van der Waals surface area contributed by atoms with E-state index >= 15 is 0 Å². The van der Waals surface area contributed by atoms with E-state index in [-0.39, 0.29) is 36.7 Å². The first kappa shape index (κ1) is 18.9. The molecule has 1 aliphatic rings. The van der Waals surface area contributed by atoms with Crippen LogP contribution in [0.1, 0.15) is 42.5 Å². The summed E-state index contributed by atoms with van der Waals surface area (Å²) in [5.41, 5.74) is 0.570. The monoisotopic (exact) mass is 368 g/mol. The maximum Gasteiger partial charge on any atom is 0.306 e. The molecule has 1 fully saturated rings. The van der Waals surface area contributed by atoms with E-state index in [2.05, 4.69) is 10.6 Å². The minimum absolute atomic E-state index is 0.0317. The van der Waals surface area contributed by atoms with Gasteiger partial charge in [-0.2, -0.15) is 0 Å². The molecular weight excluding hydrogens is 344 g/mol. The van der Waals surface area contributed by atoms with E-state index in [1.54, 1.807) is 6.07 Å². The van der Waals surface area contributed by atoms with Crippen molar-refractivity contribution < 1.29 is 19.5 Å². The van der Waals surface area contributed by atoms with Crippen LogP contribution in [0.5, 0.6) is 0 Å². The fourth-order valence-corrected chi connectivity index (χ4v) is 3.51. The number of carbonyl (C=O) groups is 3. The van der Waals surface area contributed by atoms with E-state index in [1.807, 2.05) is 36.4 Å². The molecule has 3 rings (SSSR count). The van der Waals surface area contributed by atoms with Crippen LogP contribution in [-0.2, 0) is 9.59 Å². The first-order valence-corrected chi connectivity index (χ1v) is 9.32. The highest BCUT2D eigenvalue weighted by Gasteiger charge is 2.26. The molecule has 2 aromatic carbocycles. The number of nitrogens with one attached hydrogen (secondary N) is 2. The summed E-state index contributed by atoms with van der Waals surface area (Å²) in [7, 11) is 0. The fraction of sp³-hybridized carbons (Fsp3) is 0.381. The Morgan fingerprint density at radius 2 is 1.67 bits per heavy atom. The van der Waals surface area contributed by atoms with Gasteiger partial charge in [-0.1, -0.05) is 30.3 Å². The molecule has 0 heterocycles. The van der Waals surface area contributed by atoms with Crippen LogP contribution in [0.2, 0.25) is 0 Å². The molecule has 0 atom stereocenters. The van der Waals surface area contributed by atoms with E-state index in [4.69, 9.17) is 5.11 Å². The van der Waals surface area contributed by atoms with Crippen LogP contribution in [0.3, 0.4) is 0 Å². The number of aliphatic carboxylic acids is 1. The summed E-state index contributed by atoms with van der Waals surface area (Å²) in [6.07, 6.45) is 2.77. The van der Waals surface area contributed by atoms with Crippen LogP contribution < -0.4 is 10.6 Å². The van der Waals surface area contributed by atoms with E-state index in [9.17, 15) is 14.4 Å². The molecule has 6 heteroatoms. The summed E-state index contributed by atoms with van der Waals surface area (Å²) in [4.78, 5) is 35.3. The van der Waals surface area contributed by atoms with Gasteiger partial charge in [-0.15, -0.1) is 0 Å². The molecule has 2 aromatic rings. The lowest BCUT2D eigenvalue weighted by atomic mass is 9.86. The van der Waals surface area contributed by atoms with Crippen molar-refractivity contribution in [2.45, 2.75) is 38.1 Å². The predicted octanol–water partition coefficient (Wildman–Crippen LogP) is 2.72. The first-order chi connectivity index (χ1) is 13.0. The van der Waals surface area contributed by atoms with Crippen LogP contribution in [0, 0.1) is 5.92 Å². The van der Waals surface area contributed by atoms with Crippen molar-refractivity contribution in [3.63, 3.8) is 0 Å². The third-order valence-electron chi connectivity index (χ3n) is 5.09. The lowest BCUT2D eigenvalue weighted by molar-refractivity contribution is -0.142. The van der Waals surface area contributed by atoms with Crippen molar-refractivity contribution in [3.8, 4) is 0 Å². The zero-order valence-electron chi connectivity index (χ0n) is 15.1. The van der Waals surface area contributed by atoms with Crippen LogP contribution in [-0.4, -0.2) is 35.5 Å². The van der Waals surface area contributed by atoms with Crippen molar-refractivity contribution >= 4 is 28.6 Å². The van der Waals surface area contributed by atoms with E-state index < -0.39 is 5.97 Å². The molecule has 0 aromatic heterocycles. The van der Waals surface area contributed by atoms with Gasteiger partial charge in [0.15, 0.2) is 0 Å². The molecule has 0 radical (unpaired) electrons. The molecule has 2 amide bonds. The molecule has 0 bridgehead atoms. The van der Waals surface area contributed by atoms with Crippen molar-refractivity contribution in [1.82, 2.24) is 10.6 Å². The maximum atomic E-state index is 12.3. The minimum Gasteiger partial charge on any atom is -0.481 e. The largest absolute Gasteiger partial charge is 0.481 e. The van der Waals surface area contributed by atoms with Gasteiger partial charge in [-0.3, -0.25) is 14.4 Å². The van der Waals surface area contributed by atoms with Crippen LogP contribution in [0.15, 0.2) is 42.5 Å². The van der Waals surface area contributed by atoms with Crippen LogP contribution in [0.4, 0.5) is 0 Å². The number of carbonyl (C=O) groups excluding carboxylic acids is 2. The van der Waals surface area contributed by atoms with Gasteiger partial charge in [0, 0.05) is 24.6 Å². The zero-order valence-corrected chi connectivity index (χ0v) is 15.1. The van der Waals surface area contributed by atoms with Crippen molar-refractivity contribution in [2.75, 3.05) is 6.54 Å². The maximum absolute atomic E-state index is 12.3. The number of fused-ring (bicyclic) bond motifs is 1. The lowest BCUT2D eigenvalue weighted by Crippen LogP contribution is -2.40. The van der Waals surface area contributed by atoms with Crippen molar-refractivity contribution in [1.29, 1.82) is 0 Å². The number of rotatable bonds is 6. The second-order valence-electron chi connectivity index (χ2n) is 7.02. The number of carboxylic acids is 1. The number of hydrogen-bond donors (Lipinski definition) is 3. The average Bonchev–Trinajstić information content (AvgIpc) is 2.68. The van der Waals surface area contributed by atoms with Crippen LogP contribution >= 0.6 is 0 Å². The second kappa shape index (κ2) is 8.66. The number of benzene rings is 2. The van der Waals surface area contributed by atoms with Gasteiger partial charge < -0.3 is 15.7 Å². The van der Waals surface area contributed by atoms with E-state index in [0.717, 1.165) is 10.8 Å². The standard InChI is InChI=1S/C21H24N2O4/c24-19(23-18-9-7-15(8-10-18)21(26)27)11-12-22-20(25)17-6-5-14-3-1-2-4-16(14)13-17/h1-6,13,15,18H,7-12H2,(H,22,25)(H,23,24)(H,26,27). The average molecular weight is 368 g/mol. The summed E-state index contributed by atoms with van der Waals surface area (Å²) in [5.74, 6) is -1.36. The smallest absolute Gasteiger partial charge is 0.306 e. The number of carboxylic acid groups (broad SMARTS) is 1. The van der Waals surface area contributed by atoms with Gasteiger partial charge >= 0.3 is 5.97 Å². The van der Waals surface area contributed by atoms with Gasteiger partial charge in [-0.05, 0) is 48.6 Å². The molecule has 27 heavy (non-hydrogen) atoms. The zero-order chi connectivity index (χ0) is 19.2. The van der Waals surface area contributed by atoms with E-state index in [1.165, 1.54) is 0 Å². The molecule has 1 aliphatic carbocycles. The highest BCUT2D eigenvalue weighted by molar-refractivity contribution is 5.98. The topological polar surface area (TPSA) is 95.5 Å².